The third-order valence-corrected chi connectivity index (χ3v) is 7.55. The molecule has 0 aromatic heterocycles. The fourth-order valence-corrected chi connectivity index (χ4v) is 5.61. The molecule has 1 unspecified atom stereocenters. The summed E-state index contributed by atoms with van der Waals surface area (Å²) in [5.74, 6) is 0.207. The van der Waals surface area contributed by atoms with Gasteiger partial charge in [0.25, 0.3) is 0 Å². The number of hydrogen-bond acceptors (Lipinski definition) is 4. The van der Waals surface area contributed by atoms with E-state index in [-0.39, 0.29) is 17.5 Å². The average molecular weight is 432 g/mol. The first-order valence-electron chi connectivity index (χ1n) is 12.2. The first-order valence-corrected chi connectivity index (χ1v) is 14.0. The highest BCUT2D eigenvalue weighted by Crippen LogP contribution is 2.14. The molecular weight excluding hydrogens is 386 g/mol. The molecule has 0 aromatic carbocycles. The summed E-state index contributed by atoms with van der Waals surface area (Å²) in [5.41, 5.74) is 0. The van der Waals surface area contributed by atoms with Crippen LogP contribution in [0.4, 0.5) is 4.79 Å². The predicted molar refractivity (Wildman–Crippen MR) is 121 cm³/mol. The Kier molecular flexibility index (Phi) is 15.4. The highest BCUT2D eigenvalue weighted by atomic mass is 32.2. The molecule has 6 heteroatoms. The van der Waals surface area contributed by atoms with Crippen molar-refractivity contribution in [1.82, 2.24) is 5.32 Å². The van der Waals surface area contributed by atoms with Crippen LogP contribution in [0.5, 0.6) is 0 Å². The molecule has 1 rings (SSSR count). The number of hydrogen-bond donors (Lipinski definition) is 1. The van der Waals surface area contributed by atoms with E-state index in [1.54, 1.807) is 0 Å². The lowest BCUT2D eigenvalue weighted by atomic mass is 10.0. The van der Waals surface area contributed by atoms with Gasteiger partial charge < -0.3 is 10.1 Å². The number of carbonyl (C=O) groups excluding carboxylic acids is 1. The van der Waals surface area contributed by atoms with E-state index >= 15 is 0 Å². The number of carbonyl (C=O) groups is 1. The minimum atomic E-state index is -2.96. The second-order valence-electron chi connectivity index (χ2n) is 8.68. The van der Waals surface area contributed by atoms with Crippen molar-refractivity contribution in [3.8, 4) is 0 Å². The standard InChI is InChI=1S/C23H45NO4S/c1-2-3-4-5-6-7-8-9-10-11-12-13-14-15-16-17-19-28-23(25)24-22-18-20-29(26,27)21-22/h22H,2-21H2,1H3,(H,24,25). The monoisotopic (exact) mass is 431 g/mol. The van der Waals surface area contributed by atoms with E-state index in [2.05, 4.69) is 12.2 Å². The van der Waals surface area contributed by atoms with Crippen molar-refractivity contribution >= 4 is 15.9 Å². The Morgan fingerprint density at radius 2 is 1.24 bits per heavy atom. The molecule has 172 valence electrons. The topological polar surface area (TPSA) is 72.5 Å². The van der Waals surface area contributed by atoms with Crippen molar-refractivity contribution in [2.24, 2.45) is 0 Å². The van der Waals surface area contributed by atoms with Crippen LogP contribution in [0.3, 0.4) is 0 Å². The molecule has 5 nitrogen and oxygen atoms in total. The van der Waals surface area contributed by atoms with Crippen LogP contribution >= 0.6 is 0 Å². The summed E-state index contributed by atoms with van der Waals surface area (Å²) >= 11 is 0. The van der Waals surface area contributed by atoms with Gasteiger partial charge >= 0.3 is 6.09 Å². The molecule has 29 heavy (non-hydrogen) atoms. The number of unbranched alkanes of at least 4 members (excludes halogenated alkanes) is 15. The number of ether oxygens (including phenoxy) is 1. The number of nitrogens with one attached hydrogen (secondary N) is 1. The van der Waals surface area contributed by atoms with Gasteiger partial charge in [0.2, 0.25) is 0 Å². The molecule has 1 atom stereocenters. The fourth-order valence-electron chi connectivity index (χ4n) is 3.93. The third-order valence-electron chi connectivity index (χ3n) is 5.79. The Morgan fingerprint density at radius 3 is 1.66 bits per heavy atom. The molecule has 1 heterocycles. The molecule has 0 aliphatic carbocycles. The van der Waals surface area contributed by atoms with E-state index in [1.165, 1.54) is 89.9 Å². The Labute approximate surface area is 179 Å². The highest BCUT2D eigenvalue weighted by Gasteiger charge is 2.29. The molecule has 1 N–H and O–H groups in total. The lowest BCUT2D eigenvalue weighted by molar-refractivity contribution is 0.141. The second-order valence-corrected chi connectivity index (χ2v) is 10.9. The van der Waals surface area contributed by atoms with Gasteiger partial charge in [-0.15, -0.1) is 0 Å². The SMILES string of the molecule is CCCCCCCCCCCCCCCCCCOC(=O)NC1CCS(=O)(=O)C1. The zero-order valence-corrected chi connectivity index (χ0v) is 19.6. The smallest absolute Gasteiger partial charge is 0.407 e. The van der Waals surface area contributed by atoms with Crippen LogP contribution in [0, 0.1) is 0 Å². The summed E-state index contributed by atoms with van der Waals surface area (Å²) < 4.78 is 27.9. The molecule has 1 aliphatic heterocycles. The molecule has 1 saturated heterocycles. The third kappa shape index (κ3) is 15.7. The Hall–Kier alpha value is -0.780. The summed E-state index contributed by atoms with van der Waals surface area (Å²) in [5, 5.41) is 2.65. The quantitative estimate of drug-likeness (QED) is 0.264. The average Bonchev–Trinajstić information content (AvgIpc) is 3.02. The molecular formula is C23H45NO4S. The zero-order chi connectivity index (χ0) is 21.2. The zero-order valence-electron chi connectivity index (χ0n) is 18.8. The summed E-state index contributed by atoms with van der Waals surface area (Å²) in [7, 11) is -2.96. The Bertz CT molecular complexity index is 507. The van der Waals surface area contributed by atoms with Gasteiger partial charge in [0, 0.05) is 6.04 Å². The van der Waals surface area contributed by atoms with Gasteiger partial charge in [-0.25, -0.2) is 13.2 Å². The minimum Gasteiger partial charge on any atom is -0.450 e. The van der Waals surface area contributed by atoms with E-state index in [9.17, 15) is 13.2 Å². The van der Waals surface area contributed by atoms with Crippen molar-refractivity contribution in [3.63, 3.8) is 0 Å². The maximum atomic E-state index is 11.6. The fraction of sp³-hybridized carbons (Fsp3) is 0.957. The first kappa shape index (κ1) is 26.3. The van der Waals surface area contributed by atoms with Gasteiger partial charge in [-0.2, -0.15) is 0 Å². The van der Waals surface area contributed by atoms with Crippen molar-refractivity contribution in [3.05, 3.63) is 0 Å². The van der Waals surface area contributed by atoms with Crippen LogP contribution in [-0.4, -0.2) is 38.7 Å². The largest absolute Gasteiger partial charge is 0.450 e. The molecule has 0 aromatic rings. The Balaban J connectivity index is 1.75. The van der Waals surface area contributed by atoms with E-state index < -0.39 is 15.9 Å². The summed E-state index contributed by atoms with van der Waals surface area (Å²) in [6.07, 6.45) is 21.1. The summed E-state index contributed by atoms with van der Waals surface area (Å²) in [4.78, 5) is 11.6. The predicted octanol–water partition coefficient (Wildman–Crippen LogP) is 6.16. The van der Waals surface area contributed by atoms with Gasteiger partial charge in [-0.1, -0.05) is 103 Å². The van der Waals surface area contributed by atoms with Crippen LogP contribution in [0.15, 0.2) is 0 Å². The van der Waals surface area contributed by atoms with E-state index in [0.29, 0.717) is 13.0 Å². The van der Waals surface area contributed by atoms with Crippen LogP contribution in [-0.2, 0) is 14.6 Å². The first-order chi connectivity index (χ1) is 14.0. The van der Waals surface area contributed by atoms with Crippen LogP contribution in [0.1, 0.15) is 116 Å². The molecule has 1 amide bonds. The van der Waals surface area contributed by atoms with Crippen molar-refractivity contribution in [2.45, 2.75) is 122 Å². The molecule has 1 fully saturated rings. The number of rotatable bonds is 18. The van der Waals surface area contributed by atoms with Crippen molar-refractivity contribution in [2.75, 3.05) is 18.1 Å². The highest BCUT2D eigenvalue weighted by molar-refractivity contribution is 7.91. The van der Waals surface area contributed by atoms with Crippen LogP contribution in [0.2, 0.25) is 0 Å². The van der Waals surface area contributed by atoms with E-state index in [0.717, 1.165) is 12.8 Å². The van der Waals surface area contributed by atoms with Gasteiger partial charge in [0.1, 0.15) is 0 Å². The maximum Gasteiger partial charge on any atom is 0.407 e. The van der Waals surface area contributed by atoms with Gasteiger partial charge in [0.15, 0.2) is 9.84 Å². The molecule has 1 aliphatic rings. The number of alkyl carbamates (subject to hydrolysis) is 1. The normalized spacial score (nSPS) is 18.0. The second kappa shape index (κ2) is 17.0. The van der Waals surface area contributed by atoms with Crippen molar-refractivity contribution < 1.29 is 17.9 Å². The van der Waals surface area contributed by atoms with Gasteiger partial charge in [0.05, 0.1) is 18.1 Å². The minimum absolute atomic E-state index is 0.0428. The lowest BCUT2D eigenvalue weighted by Gasteiger charge is -2.11. The van der Waals surface area contributed by atoms with Gasteiger partial charge in [-0.3, -0.25) is 0 Å². The van der Waals surface area contributed by atoms with Crippen molar-refractivity contribution in [1.29, 1.82) is 0 Å². The van der Waals surface area contributed by atoms with Crippen LogP contribution < -0.4 is 5.32 Å². The summed E-state index contributed by atoms with van der Waals surface area (Å²) in [6, 6.07) is -0.279. The van der Waals surface area contributed by atoms with Crippen LogP contribution in [0.25, 0.3) is 0 Å². The number of sulfone groups is 1. The maximum absolute atomic E-state index is 11.6. The molecule has 0 bridgehead atoms. The van der Waals surface area contributed by atoms with E-state index in [1.807, 2.05) is 0 Å². The molecule has 0 saturated carbocycles. The summed E-state index contributed by atoms with van der Waals surface area (Å²) in [6.45, 7) is 2.69. The lowest BCUT2D eigenvalue weighted by Crippen LogP contribution is -2.36. The molecule has 0 radical (unpaired) electrons. The van der Waals surface area contributed by atoms with Gasteiger partial charge in [-0.05, 0) is 12.8 Å². The number of amides is 1. The Morgan fingerprint density at radius 1 is 0.793 bits per heavy atom. The molecule has 0 spiro atoms. The van der Waals surface area contributed by atoms with E-state index in [4.69, 9.17) is 4.74 Å².